The molecule has 156 valence electrons. The van der Waals surface area contributed by atoms with Gasteiger partial charge in [0.05, 0.1) is 16.8 Å². The minimum Gasteiger partial charge on any atom is -0.370 e. The fourth-order valence-corrected chi connectivity index (χ4v) is 4.41. The second-order valence-corrected chi connectivity index (χ2v) is 9.07. The van der Waals surface area contributed by atoms with Gasteiger partial charge in [0, 0.05) is 33.1 Å². The molecule has 0 radical (unpaired) electrons. The Hall–Kier alpha value is -2.52. The lowest BCUT2D eigenvalue weighted by molar-refractivity contribution is -0.116. The van der Waals surface area contributed by atoms with Gasteiger partial charge in [0.25, 0.3) is 0 Å². The average molecular weight is 421 g/mol. The van der Waals surface area contributed by atoms with Gasteiger partial charge in [-0.2, -0.15) is 0 Å². The third-order valence-corrected chi connectivity index (χ3v) is 6.76. The van der Waals surface area contributed by atoms with Gasteiger partial charge in [0.2, 0.25) is 15.9 Å². The minimum absolute atomic E-state index is 0.0214. The number of hydrogen-bond acceptors (Lipinski definition) is 5. The molecule has 0 unspecified atom stereocenters. The number of halogens is 1. The Morgan fingerprint density at radius 1 is 1.17 bits per heavy atom. The van der Waals surface area contributed by atoms with Crippen molar-refractivity contribution in [2.45, 2.75) is 30.6 Å². The molecule has 1 aliphatic heterocycles. The van der Waals surface area contributed by atoms with Crippen LogP contribution in [0.2, 0.25) is 0 Å². The lowest BCUT2D eigenvalue weighted by atomic mass is 10.3. The summed E-state index contributed by atoms with van der Waals surface area (Å²) in [6, 6.07) is 8.39. The number of benzene rings is 1. The largest absolute Gasteiger partial charge is 0.370 e. The molecule has 3 rings (SSSR count). The fourth-order valence-electron chi connectivity index (χ4n) is 3.20. The number of hydrogen-bond donors (Lipinski definition) is 1. The van der Waals surface area contributed by atoms with E-state index in [2.05, 4.69) is 15.2 Å². The van der Waals surface area contributed by atoms with E-state index >= 15 is 0 Å². The van der Waals surface area contributed by atoms with Crippen LogP contribution in [-0.4, -0.2) is 50.3 Å². The van der Waals surface area contributed by atoms with E-state index < -0.39 is 15.8 Å². The van der Waals surface area contributed by atoms with Crippen LogP contribution in [0.15, 0.2) is 47.5 Å². The molecule has 29 heavy (non-hydrogen) atoms. The summed E-state index contributed by atoms with van der Waals surface area (Å²) in [6.07, 6.45) is 4.64. The van der Waals surface area contributed by atoms with Gasteiger partial charge in [-0.3, -0.25) is 4.79 Å². The Morgan fingerprint density at radius 3 is 2.48 bits per heavy atom. The molecule has 1 aliphatic rings. The summed E-state index contributed by atoms with van der Waals surface area (Å²) in [4.78, 5) is 18.7. The molecule has 0 saturated carbocycles. The van der Waals surface area contributed by atoms with Gasteiger partial charge < -0.3 is 10.2 Å². The van der Waals surface area contributed by atoms with Crippen molar-refractivity contribution in [3.8, 4) is 0 Å². The monoisotopic (exact) mass is 420 g/mol. The first-order valence-electron chi connectivity index (χ1n) is 9.59. The van der Waals surface area contributed by atoms with Crippen molar-refractivity contribution in [1.29, 1.82) is 0 Å². The SMILES string of the molecule is CN(CCCC(=O)Nc1ccc(N2CCCC2)cn1)S(=O)(=O)c1ccc(F)cc1. The van der Waals surface area contributed by atoms with Gasteiger partial charge in [0.1, 0.15) is 11.6 Å². The van der Waals surface area contributed by atoms with Crippen molar-refractivity contribution in [2.75, 3.05) is 36.9 Å². The minimum atomic E-state index is -3.71. The molecule has 1 saturated heterocycles. The van der Waals surface area contributed by atoms with E-state index in [4.69, 9.17) is 0 Å². The molecule has 2 aromatic rings. The standard InChI is InChI=1S/C20H25FN4O3S/c1-24(29(27,28)18-9-6-16(21)7-10-18)12-4-5-20(26)23-19-11-8-17(15-22-19)25-13-2-3-14-25/h6-11,15H,2-5,12-14H2,1H3,(H,22,23,26). The number of anilines is 2. The Morgan fingerprint density at radius 2 is 1.86 bits per heavy atom. The van der Waals surface area contributed by atoms with Crippen LogP contribution in [0.25, 0.3) is 0 Å². The van der Waals surface area contributed by atoms with Crippen LogP contribution >= 0.6 is 0 Å². The molecule has 1 fully saturated rings. The molecule has 1 N–H and O–H groups in total. The van der Waals surface area contributed by atoms with Gasteiger partial charge in [-0.1, -0.05) is 0 Å². The number of pyridine rings is 1. The highest BCUT2D eigenvalue weighted by atomic mass is 32.2. The number of amides is 1. The highest BCUT2D eigenvalue weighted by Crippen LogP contribution is 2.20. The summed E-state index contributed by atoms with van der Waals surface area (Å²) in [6.45, 7) is 2.23. The van der Waals surface area contributed by atoms with Crippen molar-refractivity contribution >= 4 is 27.4 Å². The van der Waals surface area contributed by atoms with Crippen LogP contribution in [0.3, 0.4) is 0 Å². The Kier molecular flexibility index (Phi) is 6.81. The van der Waals surface area contributed by atoms with Gasteiger partial charge in [0.15, 0.2) is 0 Å². The maximum absolute atomic E-state index is 13.0. The van der Waals surface area contributed by atoms with Crippen molar-refractivity contribution in [2.24, 2.45) is 0 Å². The molecule has 0 aliphatic carbocycles. The number of aromatic nitrogens is 1. The first-order chi connectivity index (χ1) is 13.9. The summed E-state index contributed by atoms with van der Waals surface area (Å²) >= 11 is 0. The molecule has 7 nitrogen and oxygen atoms in total. The number of rotatable bonds is 8. The van der Waals surface area contributed by atoms with E-state index in [-0.39, 0.29) is 23.8 Å². The van der Waals surface area contributed by atoms with E-state index in [0.29, 0.717) is 12.2 Å². The molecule has 0 bridgehead atoms. The average Bonchev–Trinajstić information content (AvgIpc) is 3.23. The molecule has 0 spiro atoms. The number of carbonyl (C=O) groups excluding carboxylic acids is 1. The zero-order valence-corrected chi connectivity index (χ0v) is 17.2. The summed E-state index contributed by atoms with van der Waals surface area (Å²) in [5.41, 5.74) is 1.05. The number of carbonyl (C=O) groups is 1. The molecule has 1 aromatic heterocycles. The molecule has 9 heteroatoms. The number of nitrogens with one attached hydrogen (secondary N) is 1. The lowest BCUT2D eigenvalue weighted by Gasteiger charge is -2.17. The van der Waals surface area contributed by atoms with Crippen LogP contribution in [0, 0.1) is 5.82 Å². The molecule has 1 amide bonds. The van der Waals surface area contributed by atoms with Crippen LogP contribution in [0.1, 0.15) is 25.7 Å². The Labute approximate surface area is 170 Å². The molecule has 2 heterocycles. The van der Waals surface area contributed by atoms with Gasteiger partial charge in [-0.05, 0) is 55.7 Å². The molecule has 0 atom stereocenters. The van der Waals surface area contributed by atoms with E-state index in [0.717, 1.165) is 35.2 Å². The smallest absolute Gasteiger partial charge is 0.242 e. The summed E-state index contributed by atoms with van der Waals surface area (Å²) in [7, 11) is -2.27. The maximum atomic E-state index is 13.0. The number of nitrogens with zero attached hydrogens (tertiary/aromatic N) is 3. The maximum Gasteiger partial charge on any atom is 0.242 e. The van der Waals surface area contributed by atoms with Crippen molar-refractivity contribution < 1.29 is 17.6 Å². The summed E-state index contributed by atoms with van der Waals surface area (Å²) in [5.74, 6) is -0.241. The third-order valence-electron chi connectivity index (χ3n) is 4.89. The van der Waals surface area contributed by atoms with Crippen molar-refractivity contribution in [1.82, 2.24) is 9.29 Å². The highest BCUT2D eigenvalue weighted by molar-refractivity contribution is 7.89. The normalized spacial score (nSPS) is 14.4. The van der Waals surface area contributed by atoms with E-state index in [9.17, 15) is 17.6 Å². The van der Waals surface area contributed by atoms with Crippen LogP contribution in [0.4, 0.5) is 15.9 Å². The van der Waals surface area contributed by atoms with E-state index in [1.807, 2.05) is 6.07 Å². The molecular formula is C20H25FN4O3S. The lowest BCUT2D eigenvalue weighted by Crippen LogP contribution is -2.28. The van der Waals surface area contributed by atoms with Crippen LogP contribution < -0.4 is 10.2 Å². The predicted molar refractivity (Wildman–Crippen MR) is 110 cm³/mol. The van der Waals surface area contributed by atoms with Gasteiger partial charge in [-0.25, -0.2) is 22.1 Å². The van der Waals surface area contributed by atoms with E-state index in [1.54, 1.807) is 12.3 Å². The zero-order valence-electron chi connectivity index (χ0n) is 16.3. The topological polar surface area (TPSA) is 82.6 Å². The Bertz CT molecular complexity index is 927. The zero-order chi connectivity index (χ0) is 20.9. The van der Waals surface area contributed by atoms with E-state index in [1.165, 1.54) is 32.0 Å². The highest BCUT2D eigenvalue weighted by Gasteiger charge is 2.20. The van der Waals surface area contributed by atoms with Gasteiger partial charge in [-0.15, -0.1) is 0 Å². The first-order valence-corrected chi connectivity index (χ1v) is 11.0. The first kappa shape index (κ1) is 21.2. The van der Waals surface area contributed by atoms with Gasteiger partial charge >= 0.3 is 0 Å². The Balaban J connectivity index is 1.46. The van der Waals surface area contributed by atoms with Crippen LogP contribution in [0.5, 0.6) is 0 Å². The summed E-state index contributed by atoms with van der Waals surface area (Å²) in [5, 5.41) is 2.73. The van der Waals surface area contributed by atoms with Crippen molar-refractivity contribution in [3.63, 3.8) is 0 Å². The molecular weight excluding hydrogens is 395 g/mol. The van der Waals surface area contributed by atoms with Crippen LogP contribution in [-0.2, 0) is 14.8 Å². The number of sulfonamides is 1. The third kappa shape index (κ3) is 5.51. The fraction of sp³-hybridized carbons (Fsp3) is 0.400. The molecule has 1 aromatic carbocycles. The predicted octanol–water partition coefficient (Wildman–Crippen LogP) is 2.86. The van der Waals surface area contributed by atoms with Crippen molar-refractivity contribution in [3.05, 3.63) is 48.4 Å². The second kappa shape index (κ2) is 9.32. The quantitative estimate of drug-likeness (QED) is 0.710. The summed E-state index contributed by atoms with van der Waals surface area (Å²) < 4.78 is 39.0. The second-order valence-electron chi connectivity index (χ2n) is 7.03.